The summed E-state index contributed by atoms with van der Waals surface area (Å²) >= 11 is 0. The summed E-state index contributed by atoms with van der Waals surface area (Å²) in [4.78, 5) is 12.9. The summed E-state index contributed by atoms with van der Waals surface area (Å²) in [6.45, 7) is 1.03. The van der Waals surface area contributed by atoms with Crippen LogP contribution < -0.4 is 0 Å². The molecule has 0 aromatic heterocycles. The lowest BCUT2D eigenvalue weighted by atomic mass is 9.78. The minimum atomic E-state index is -0.839. The van der Waals surface area contributed by atoms with E-state index in [2.05, 4.69) is 0 Å². The Hall–Kier alpha value is -1.46. The molecule has 1 saturated carbocycles. The molecule has 0 radical (unpaired) electrons. The Balaban J connectivity index is 1.87. The molecule has 1 aliphatic rings. The molecule has 2 N–H and O–H groups in total. The molecule has 1 fully saturated rings. The smallest absolute Gasteiger partial charge is 0.306 e. The van der Waals surface area contributed by atoms with Crippen LogP contribution in [0.4, 0.5) is 4.39 Å². The Labute approximate surface area is 124 Å². The second-order valence-corrected chi connectivity index (χ2v) is 6.14. The molecule has 4 nitrogen and oxygen atoms in total. The van der Waals surface area contributed by atoms with E-state index in [1.807, 2.05) is 18.0 Å². The van der Waals surface area contributed by atoms with Gasteiger partial charge in [0.1, 0.15) is 5.82 Å². The van der Waals surface area contributed by atoms with Crippen LogP contribution in [0.3, 0.4) is 0 Å². The fourth-order valence-electron chi connectivity index (χ4n) is 3.07. The van der Waals surface area contributed by atoms with Gasteiger partial charge in [-0.1, -0.05) is 12.1 Å². The van der Waals surface area contributed by atoms with Crippen LogP contribution in [0.25, 0.3) is 0 Å². The van der Waals surface area contributed by atoms with E-state index in [1.165, 1.54) is 12.1 Å². The first-order valence-corrected chi connectivity index (χ1v) is 7.26. The zero-order valence-corrected chi connectivity index (χ0v) is 12.3. The van der Waals surface area contributed by atoms with Crippen LogP contribution in [0.15, 0.2) is 24.3 Å². The predicted octanol–water partition coefficient (Wildman–Crippen LogP) is 2.26. The van der Waals surface area contributed by atoms with Crippen LogP contribution in [-0.2, 0) is 11.3 Å². The van der Waals surface area contributed by atoms with Gasteiger partial charge in [0, 0.05) is 13.1 Å². The molecule has 0 aliphatic heterocycles. The zero-order valence-electron chi connectivity index (χ0n) is 12.3. The number of halogens is 1. The molecule has 0 atom stereocenters. The van der Waals surface area contributed by atoms with Gasteiger partial charge in [0.15, 0.2) is 0 Å². The summed E-state index contributed by atoms with van der Waals surface area (Å²) in [6.07, 6.45) is 2.02. The molecule has 0 spiro atoms. The number of hydrogen-bond acceptors (Lipinski definition) is 3. The molecule has 0 amide bonds. The normalized spacial score (nSPS) is 26.0. The number of aliphatic hydroxyl groups is 1. The highest BCUT2D eigenvalue weighted by Crippen LogP contribution is 2.33. The Bertz CT molecular complexity index is 498. The van der Waals surface area contributed by atoms with Crippen molar-refractivity contribution in [3.05, 3.63) is 35.6 Å². The molecule has 1 aromatic carbocycles. The lowest BCUT2D eigenvalue weighted by Crippen LogP contribution is -2.44. The molecule has 0 saturated heterocycles. The molecular formula is C16H22FNO3. The third kappa shape index (κ3) is 4.51. The van der Waals surface area contributed by atoms with E-state index in [4.69, 9.17) is 5.11 Å². The van der Waals surface area contributed by atoms with Crippen molar-refractivity contribution in [1.82, 2.24) is 4.90 Å². The van der Waals surface area contributed by atoms with Gasteiger partial charge in [0.25, 0.3) is 0 Å². The molecule has 1 aromatic rings. The molecule has 5 heteroatoms. The summed E-state index contributed by atoms with van der Waals surface area (Å²) < 4.78 is 13.1. The van der Waals surface area contributed by atoms with E-state index in [0.717, 1.165) is 5.56 Å². The van der Waals surface area contributed by atoms with E-state index in [9.17, 15) is 14.3 Å². The molecular weight excluding hydrogens is 273 g/mol. The number of hydrogen-bond donors (Lipinski definition) is 2. The standard InChI is InChI=1S/C16H22FNO3/c1-18(10-12-3-2-4-14(17)9-12)11-16(21)7-5-13(6-8-16)15(19)20/h2-4,9,13,21H,5-8,10-11H2,1H3,(H,19,20). The number of benzene rings is 1. The van der Waals surface area contributed by atoms with Crippen LogP contribution in [0, 0.1) is 11.7 Å². The average molecular weight is 295 g/mol. The largest absolute Gasteiger partial charge is 0.481 e. The van der Waals surface area contributed by atoms with Gasteiger partial charge in [0.2, 0.25) is 0 Å². The van der Waals surface area contributed by atoms with Gasteiger partial charge in [-0.05, 0) is 50.4 Å². The number of rotatable bonds is 5. The quantitative estimate of drug-likeness (QED) is 0.875. The number of aliphatic carboxylic acids is 1. The summed E-state index contributed by atoms with van der Waals surface area (Å²) in [5.41, 5.74) is 0.0221. The van der Waals surface area contributed by atoms with Crippen LogP contribution in [0.1, 0.15) is 31.2 Å². The van der Waals surface area contributed by atoms with Gasteiger partial charge in [0.05, 0.1) is 11.5 Å². The van der Waals surface area contributed by atoms with Crippen LogP contribution in [-0.4, -0.2) is 40.3 Å². The van der Waals surface area contributed by atoms with Crippen molar-refractivity contribution < 1.29 is 19.4 Å². The number of likely N-dealkylation sites (N-methyl/N-ethyl adjacent to an activating group) is 1. The number of nitrogens with zero attached hydrogens (tertiary/aromatic N) is 1. The maximum Gasteiger partial charge on any atom is 0.306 e. The molecule has 0 unspecified atom stereocenters. The highest BCUT2D eigenvalue weighted by molar-refractivity contribution is 5.70. The Morgan fingerprint density at radius 3 is 2.67 bits per heavy atom. The lowest BCUT2D eigenvalue weighted by molar-refractivity contribution is -0.145. The summed E-state index contributed by atoms with van der Waals surface area (Å²) in [5.74, 6) is -1.37. The van der Waals surface area contributed by atoms with E-state index >= 15 is 0 Å². The second-order valence-electron chi connectivity index (χ2n) is 6.14. The van der Waals surface area contributed by atoms with Crippen molar-refractivity contribution in [2.75, 3.05) is 13.6 Å². The minimum Gasteiger partial charge on any atom is -0.481 e. The van der Waals surface area contributed by atoms with E-state index in [0.29, 0.717) is 38.8 Å². The zero-order chi connectivity index (χ0) is 15.5. The SMILES string of the molecule is CN(Cc1cccc(F)c1)CC1(O)CCC(C(=O)O)CC1. The Kier molecular flexibility index (Phi) is 4.96. The number of carboxylic acid groups (broad SMARTS) is 1. The second kappa shape index (κ2) is 6.54. The predicted molar refractivity (Wildman–Crippen MR) is 77.3 cm³/mol. The van der Waals surface area contributed by atoms with Crippen molar-refractivity contribution in [2.45, 2.75) is 37.8 Å². The maximum absolute atomic E-state index is 13.1. The van der Waals surface area contributed by atoms with Crippen LogP contribution >= 0.6 is 0 Å². The van der Waals surface area contributed by atoms with Crippen molar-refractivity contribution in [2.24, 2.45) is 5.92 Å². The first-order chi connectivity index (χ1) is 9.88. The lowest BCUT2D eigenvalue weighted by Gasteiger charge is -2.37. The Morgan fingerprint density at radius 2 is 2.10 bits per heavy atom. The first-order valence-electron chi connectivity index (χ1n) is 7.26. The van der Waals surface area contributed by atoms with Crippen LogP contribution in [0.5, 0.6) is 0 Å². The van der Waals surface area contributed by atoms with Gasteiger partial charge in [-0.25, -0.2) is 4.39 Å². The van der Waals surface area contributed by atoms with Crippen LogP contribution in [0.2, 0.25) is 0 Å². The molecule has 21 heavy (non-hydrogen) atoms. The molecule has 116 valence electrons. The highest BCUT2D eigenvalue weighted by atomic mass is 19.1. The average Bonchev–Trinajstić information content (AvgIpc) is 2.38. The van der Waals surface area contributed by atoms with Crippen molar-refractivity contribution >= 4 is 5.97 Å². The third-order valence-corrected chi connectivity index (χ3v) is 4.17. The molecule has 1 aliphatic carbocycles. The number of carboxylic acids is 1. The van der Waals surface area contributed by atoms with Gasteiger partial charge in [-0.15, -0.1) is 0 Å². The maximum atomic E-state index is 13.1. The monoisotopic (exact) mass is 295 g/mol. The van der Waals surface area contributed by atoms with Gasteiger partial charge in [-0.3, -0.25) is 9.69 Å². The number of carbonyl (C=O) groups is 1. The minimum absolute atomic E-state index is 0.262. The van der Waals surface area contributed by atoms with Crippen molar-refractivity contribution in [1.29, 1.82) is 0 Å². The fourth-order valence-corrected chi connectivity index (χ4v) is 3.07. The molecule has 0 bridgehead atoms. The van der Waals surface area contributed by atoms with Crippen molar-refractivity contribution in [3.8, 4) is 0 Å². The van der Waals surface area contributed by atoms with Gasteiger partial charge < -0.3 is 10.2 Å². The fraction of sp³-hybridized carbons (Fsp3) is 0.562. The third-order valence-electron chi connectivity index (χ3n) is 4.17. The molecule has 2 rings (SSSR count). The highest BCUT2D eigenvalue weighted by Gasteiger charge is 2.36. The van der Waals surface area contributed by atoms with Crippen molar-refractivity contribution in [3.63, 3.8) is 0 Å². The van der Waals surface area contributed by atoms with E-state index in [-0.39, 0.29) is 11.7 Å². The summed E-state index contributed by atoms with van der Waals surface area (Å²) in [6, 6.07) is 6.42. The Morgan fingerprint density at radius 1 is 1.43 bits per heavy atom. The van der Waals surface area contributed by atoms with Gasteiger partial charge in [-0.2, -0.15) is 0 Å². The van der Waals surface area contributed by atoms with Gasteiger partial charge >= 0.3 is 5.97 Å². The summed E-state index contributed by atoms with van der Waals surface area (Å²) in [5, 5.41) is 19.5. The first kappa shape index (κ1) is 15.9. The molecule has 0 heterocycles. The topological polar surface area (TPSA) is 60.8 Å². The van der Waals surface area contributed by atoms with E-state index in [1.54, 1.807) is 6.07 Å². The summed E-state index contributed by atoms with van der Waals surface area (Å²) in [7, 11) is 1.88. The van der Waals surface area contributed by atoms with E-state index < -0.39 is 11.6 Å².